The molecular formula is C22H30N2O2S2. The fraction of sp³-hybridized carbons (Fsp3) is 0.455. The molecule has 0 amide bonds. The van der Waals surface area contributed by atoms with Crippen LogP contribution >= 0.6 is 23.5 Å². The Balaban J connectivity index is 1.29. The molecule has 3 rings (SSSR count). The molecule has 1 heterocycles. The van der Waals surface area contributed by atoms with E-state index >= 15 is 0 Å². The van der Waals surface area contributed by atoms with Gasteiger partial charge < -0.3 is 10.2 Å². The molecule has 0 saturated carbocycles. The van der Waals surface area contributed by atoms with Crippen molar-refractivity contribution in [3.63, 3.8) is 0 Å². The first kappa shape index (κ1) is 21.7. The van der Waals surface area contributed by atoms with Gasteiger partial charge in [-0.15, -0.1) is 23.5 Å². The molecule has 28 heavy (non-hydrogen) atoms. The van der Waals surface area contributed by atoms with Gasteiger partial charge in [0.15, 0.2) is 0 Å². The van der Waals surface area contributed by atoms with Crippen LogP contribution in [0.2, 0.25) is 0 Å². The van der Waals surface area contributed by atoms with Gasteiger partial charge in [0.2, 0.25) is 0 Å². The van der Waals surface area contributed by atoms with Crippen LogP contribution in [0.4, 0.5) is 0 Å². The summed E-state index contributed by atoms with van der Waals surface area (Å²) in [6.07, 6.45) is -0.630. The molecule has 0 aromatic heterocycles. The largest absolute Gasteiger partial charge is 0.391 e. The van der Waals surface area contributed by atoms with Crippen molar-refractivity contribution in [1.82, 2.24) is 9.80 Å². The third-order valence-corrected chi connectivity index (χ3v) is 7.09. The lowest BCUT2D eigenvalue weighted by atomic mass is 10.2. The van der Waals surface area contributed by atoms with Gasteiger partial charge in [-0.25, -0.2) is 0 Å². The van der Waals surface area contributed by atoms with Crippen LogP contribution in [0.1, 0.15) is 0 Å². The molecule has 1 saturated heterocycles. The third kappa shape index (κ3) is 7.78. The zero-order valence-corrected chi connectivity index (χ0v) is 17.8. The molecule has 2 atom stereocenters. The molecular weight excluding hydrogens is 388 g/mol. The van der Waals surface area contributed by atoms with Crippen LogP contribution in [0.15, 0.2) is 70.5 Å². The second kappa shape index (κ2) is 11.9. The quantitative estimate of drug-likeness (QED) is 0.579. The Kier molecular flexibility index (Phi) is 9.18. The summed E-state index contributed by atoms with van der Waals surface area (Å²) in [5.74, 6) is 1.44. The normalized spacial score (nSPS) is 18.1. The van der Waals surface area contributed by atoms with Crippen molar-refractivity contribution < 1.29 is 10.2 Å². The van der Waals surface area contributed by atoms with E-state index in [4.69, 9.17) is 0 Å². The van der Waals surface area contributed by atoms with Gasteiger partial charge in [0, 0.05) is 60.6 Å². The second-order valence-electron chi connectivity index (χ2n) is 7.16. The molecule has 6 heteroatoms. The van der Waals surface area contributed by atoms with E-state index in [2.05, 4.69) is 34.1 Å². The number of piperazine rings is 1. The molecule has 0 radical (unpaired) electrons. The van der Waals surface area contributed by atoms with E-state index in [9.17, 15) is 10.2 Å². The number of β-amino-alcohol motifs (C(OH)–C–C–N with tert-alkyl or cyclic N) is 2. The number of aliphatic hydroxyl groups is 2. The fourth-order valence-electron chi connectivity index (χ4n) is 3.27. The lowest BCUT2D eigenvalue weighted by Crippen LogP contribution is -2.50. The van der Waals surface area contributed by atoms with Crippen molar-refractivity contribution in [3.05, 3.63) is 60.7 Å². The second-order valence-corrected chi connectivity index (χ2v) is 9.34. The zero-order valence-electron chi connectivity index (χ0n) is 16.2. The highest BCUT2D eigenvalue weighted by molar-refractivity contribution is 7.99. The van der Waals surface area contributed by atoms with Crippen molar-refractivity contribution in [3.8, 4) is 0 Å². The Bertz CT molecular complexity index is 607. The molecule has 1 aliphatic rings. The Labute approximate surface area is 176 Å². The van der Waals surface area contributed by atoms with E-state index in [-0.39, 0.29) is 12.2 Å². The summed E-state index contributed by atoms with van der Waals surface area (Å²) in [4.78, 5) is 7.07. The first-order valence-electron chi connectivity index (χ1n) is 9.85. The van der Waals surface area contributed by atoms with E-state index < -0.39 is 0 Å². The summed E-state index contributed by atoms with van der Waals surface area (Å²) in [6.45, 7) is 5.24. The van der Waals surface area contributed by atoms with Gasteiger partial charge in [-0.1, -0.05) is 36.4 Å². The molecule has 1 aliphatic heterocycles. The highest BCUT2D eigenvalue weighted by Gasteiger charge is 2.21. The SMILES string of the molecule is OC(CSc1ccccc1)CN1CCN(CC(O)CSc2ccccc2)CC1. The van der Waals surface area contributed by atoms with Gasteiger partial charge in [-0.3, -0.25) is 9.80 Å². The van der Waals surface area contributed by atoms with Crippen molar-refractivity contribution in [2.75, 3.05) is 50.8 Å². The summed E-state index contributed by atoms with van der Waals surface area (Å²) in [5.41, 5.74) is 0. The Morgan fingerprint density at radius 2 is 1.00 bits per heavy atom. The number of hydrogen-bond donors (Lipinski definition) is 2. The van der Waals surface area contributed by atoms with Gasteiger partial charge in [-0.2, -0.15) is 0 Å². The van der Waals surface area contributed by atoms with Gasteiger partial charge >= 0.3 is 0 Å². The molecule has 4 nitrogen and oxygen atoms in total. The Morgan fingerprint density at radius 3 is 1.36 bits per heavy atom. The summed E-state index contributed by atoms with van der Waals surface area (Å²) >= 11 is 3.41. The van der Waals surface area contributed by atoms with Crippen LogP contribution in [0.5, 0.6) is 0 Å². The minimum absolute atomic E-state index is 0.315. The van der Waals surface area contributed by atoms with E-state index in [1.807, 2.05) is 36.4 Å². The molecule has 152 valence electrons. The summed E-state index contributed by atoms with van der Waals surface area (Å²) < 4.78 is 0. The van der Waals surface area contributed by atoms with Crippen molar-refractivity contribution in [2.24, 2.45) is 0 Å². The minimum atomic E-state index is -0.315. The number of thioether (sulfide) groups is 2. The monoisotopic (exact) mass is 418 g/mol. The van der Waals surface area contributed by atoms with Crippen molar-refractivity contribution in [1.29, 1.82) is 0 Å². The van der Waals surface area contributed by atoms with Crippen LogP contribution in [0.25, 0.3) is 0 Å². The van der Waals surface area contributed by atoms with Gasteiger partial charge in [0.05, 0.1) is 12.2 Å². The maximum atomic E-state index is 10.3. The maximum absolute atomic E-state index is 10.3. The minimum Gasteiger partial charge on any atom is -0.391 e. The van der Waals surface area contributed by atoms with Crippen LogP contribution in [-0.2, 0) is 0 Å². The maximum Gasteiger partial charge on any atom is 0.0760 e. The Hall–Kier alpha value is -1.02. The van der Waals surface area contributed by atoms with Gasteiger partial charge in [0.25, 0.3) is 0 Å². The number of nitrogens with zero attached hydrogens (tertiary/aromatic N) is 2. The first-order chi connectivity index (χ1) is 13.7. The van der Waals surface area contributed by atoms with Crippen LogP contribution in [0, 0.1) is 0 Å². The molecule has 0 bridgehead atoms. The molecule has 1 fully saturated rings. The van der Waals surface area contributed by atoms with Crippen molar-refractivity contribution in [2.45, 2.75) is 22.0 Å². The number of benzene rings is 2. The highest BCUT2D eigenvalue weighted by Crippen LogP contribution is 2.19. The summed E-state index contributed by atoms with van der Waals surface area (Å²) in [7, 11) is 0. The van der Waals surface area contributed by atoms with E-state index in [1.54, 1.807) is 23.5 Å². The number of hydrogen-bond acceptors (Lipinski definition) is 6. The predicted molar refractivity (Wildman–Crippen MR) is 119 cm³/mol. The lowest BCUT2D eigenvalue weighted by molar-refractivity contribution is 0.0597. The summed E-state index contributed by atoms with van der Waals surface area (Å²) in [5, 5.41) is 20.7. The smallest absolute Gasteiger partial charge is 0.0760 e. The topological polar surface area (TPSA) is 46.9 Å². The van der Waals surface area contributed by atoms with Gasteiger partial charge in [0.1, 0.15) is 0 Å². The first-order valence-corrected chi connectivity index (χ1v) is 11.8. The standard InChI is InChI=1S/C22H30N2O2S2/c25-19(17-27-21-7-3-1-4-8-21)15-23-11-13-24(14-12-23)16-20(26)18-28-22-9-5-2-6-10-22/h1-10,19-20,25-26H,11-18H2. The fourth-order valence-corrected chi connectivity index (χ4v) is 4.95. The molecule has 2 unspecified atom stereocenters. The molecule has 0 spiro atoms. The molecule has 2 N–H and O–H groups in total. The lowest BCUT2D eigenvalue weighted by Gasteiger charge is -2.36. The Morgan fingerprint density at radius 1 is 0.643 bits per heavy atom. The third-order valence-electron chi connectivity index (χ3n) is 4.77. The van der Waals surface area contributed by atoms with Crippen molar-refractivity contribution >= 4 is 23.5 Å². The summed E-state index contributed by atoms with van der Waals surface area (Å²) in [6, 6.07) is 20.5. The number of aliphatic hydroxyl groups excluding tert-OH is 2. The zero-order chi connectivity index (χ0) is 19.6. The van der Waals surface area contributed by atoms with E-state index in [0.717, 1.165) is 50.8 Å². The predicted octanol–water partition coefficient (Wildman–Crippen LogP) is 2.91. The molecule has 2 aromatic rings. The highest BCUT2D eigenvalue weighted by atomic mass is 32.2. The van der Waals surface area contributed by atoms with Gasteiger partial charge in [-0.05, 0) is 24.3 Å². The number of rotatable bonds is 10. The van der Waals surface area contributed by atoms with Crippen LogP contribution in [0.3, 0.4) is 0 Å². The van der Waals surface area contributed by atoms with E-state index in [1.165, 1.54) is 9.79 Å². The molecule has 2 aromatic carbocycles. The average Bonchev–Trinajstić information content (AvgIpc) is 2.74. The van der Waals surface area contributed by atoms with Crippen LogP contribution < -0.4 is 0 Å². The van der Waals surface area contributed by atoms with Crippen LogP contribution in [-0.4, -0.2) is 83.0 Å². The molecule has 0 aliphatic carbocycles. The average molecular weight is 419 g/mol. The van der Waals surface area contributed by atoms with E-state index in [0.29, 0.717) is 0 Å².